The van der Waals surface area contributed by atoms with Crippen molar-refractivity contribution in [2.75, 3.05) is 0 Å². The van der Waals surface area contributed by atoms with Crippen LogP contribution in [0.25, 0.3) is 44.2 Å². The molecule has 2 heteroatoms. The van der Waals surface area contributed by atoms with Gasteiger partial charge in [0.15, 0.2) is 0 Å². The minimum absolute atomic E-state index is 0.740. The van der Waals surface area contributed by atoms with Gasteiger partial charge in [-0.15, -0.1) is 0 Å². The maximum Gasteiger partial charge on any atom is 0.136 e. The number of fused-ring (bicyclic) bond motifs is 3. The van der Waals surface area contributed by atoms with Crippen molar-refractivity contribution in [3.05, 3.63) is 96.0 Å². The maximum atomic E-state index is 6.17. The van der Waals surface area contributed by atoms with E-state index in [9.17, 15) is 0 Å². The van der Waals surface area contributed by atoms with E-state index < -0.39 is 0 Å². The minimum atomic E-state index is 0.740. The molecule has 5 aromatic rings. The van der Waals surface area contributed by atoms with Crippen molar-refractivity contribution in [1.82, 2.24) is 0 Å². The highest BCUT2D eigenvalue weighted by Gasteiger charge is 2.13. The Bertz CT molecular complexity index is 1240. The molecule has 0 aliphatic heterocycles. The highest BCUT2D eigenvalue weighted by atomic mass is 35.5. The van der Waals surface area contributed by atoms with Crippen LogP contribution >= 0.6 is 11.6 Å². The summed E-state index contributed by atoms with van der Waals surface area (Å²) in [6.07, 6.45) is 0. The fourth-order valence-electron chi connectivity index (χ4n) is 3.53. The van der Waals surface area contributed by atoms with Crippen molar-refractivity contribution in [2.45, 2.75) is 0 Å². The van der Waals surface area contributed by atoms with Gasteiger partial charge in [0.2, 0.25) is 0 Å². The van der Waals surface area contributed by atoms with E-state index >= 15 is 0 Å². The monoisotopic (exact) mass is 354 g/mol. The maximum absolute atomic E-state index is 6.17. The van der Waals surface area contributed by atoms with E-state index in [1.54, 1.807) is 0 Å². The van der Waals surface area contributed by atoms with E-state index in [4.69, 9.17) is 16.0 Å². The molecule has 26 heavy (non-hydrogen) atoms. The second-order valence-corrected chi connectivity index (χ2v) is 6.80. The summed E-state index contributed by atoms with van der Waals surface area (Å²) in [7, 11) is 0. The molecule has 124 valence electrons. The fourth-order valence-corrected chi connectivity index (χ4v) is 3.72. The van der Waals surface area contributed by atoms with Crippen LogP contribution in [0.3, 0.4) is 0 Å². The third-order valence-electron chi connectivity index (χ3n) is 4.74. The number of halogens is 1. The van der Waals surface area contributed by atoms with Gasteiger partial charge in [-0.1, -0.05) is 72.3 Å². The van der Waals surface area contributed by atoms with Crippen molar-refractivity contribution >= 4 is 33.5 Å². The largest absolute Gasteiger partial charge is 0.456 e. The molecule has 0 spiro atoms. The molecule has 4 aromatic carbocycles. The summed E-state index contributed by atoms with van der Waals surface area (Å²) in [5, 5.41) is 3.01. The van der Waals surface area contributed by atoms with E-state index in [0.29, 0.717) is 0 Å². The standard InChI is InChI=1S/C24H15ClO/c25-19-9-4-8-17(14-19)18-12-13-22-21(15-18)24-20(10-5-11-23(24)26-22)16-6-2-1-3-7-16/h1-15H. The molecule has 1 heterocycles. The van der Waals surface area contributed by atoms with E-state index in [1.807, 2.05) is 42.5 Å². The van der Waals surface area contributed by atoms with Crippen LogP contribution in [0.15, 0.2) is 95.4 Å². The lowest BCUT2D eigenvalue weighted by atomic mass is 9.97. The van der Waals surface area contributed by atoms with E-state index in [2.05, 4.69) is 48.5 Å². The van der Waals surface area contributed by atoms with Crippen LogP contribution in [-0.4, -0.2) is 0 Å². The van der Waals surface area contributed by atoms with Gasteiger partial charge in [0.1, 0.15) is 11.2 Å². The molecule has 0 saturated heterocycles. The lowest BCUT2D eigenvalue weighted by Crippen LogP contribution is -1.80. The van der Waals surface area contributed by atoms with Crippen molar-refractivity contribution < 1.29 is 4.42 Å². The SMILES string of the molecule is Clc1cccc(-c2ccc3oc4cccc(-c5ccccc5)c4c3c2)c1. The van der Waals surface area contributed by atoms with Crippen molar-refractivity contribution in [2.24, 2.45) is 0 Å². The van der Waals surface area contributed by atoms with E-state index in [1.165, 1.54) is 11.1 Å². The first kappa shape index (κ1) is 15.2. The summed E-state index contributed by atoms with van der Waals surface area (Å²) in [6.45, 7) is 0. The smallest absolute Gasteiger partial charge is 0.136 e. The molecule has 0 N–H and O–H groups in total. The lowest BCUT2D eigenvalue weighted by molar-refractivity contribution is 0.669. The molecule has 0 amide bonds. The van der Waals surface area contributed by atoms with Crippen LogP contribution in [0.1, 0.15) is 0 Å². The molecule has 0 saturated carbocycles. The summed E-state index contributed by atoms with van der Waals surface area (Å²) < 4.78 is 6.10. The molecule has 1 nitrogen and oxygen atoms in total. The molecule has 0 bridgehead atoms. The average molecular weight is 355 g/mol. The Morgan fingerprint density at radius 3 is 2.19 bits per heavy atom. The third kappa shape index (κ3) is 2.49. The number of rotatable bonds is 2. The molecule has 0 aliphatic rings. The van der Waals surface area contributed by atoms with E-state index in [0.717, 1.165) is 38.1 Å². The van der Waals surface area contributed by atoms with E-state index in [-0.39, 0.29) is 0 Å². The van der Waals surface area contributed by atoms with Gasteiger partial charge in [0, 0.05) is 15.8 Å². The molecular weight excluding hydrogens is 340 g/mol. The summed E-state index contributed by atoms with van der Waals surface area (Å²) in [4.78, 5) is 0. The Balaban J connectivity index is 1.81. The van der Waals surface area contributed by atoms with Gasteiger partial charge in [-0.25, -0.2) is 0 Å². The minimum Gasteiger partial charge on any atom is -0.456 e. The fraction of sp³-hybridized carbons (Fsp3) is 0. The first-order chi connectivity index (χ1) is 12.8. The van der Waals surface area contributed by atoms with Crippen molar-refractivity contribution in [3.63, 3.8) is 0 Å². The summed E-state index contributed by atoms with van der Waals surface area (Å²) >= 11 is 6.17. The van der Waals surface area contributed by atoms with Gasteiger partial charge in [-0.05, 0) is 52.6 Å². The van der Waals surface area contributed by atoms with Gasteiger partial charge in [0.25, 0.3) is 0 Å². The van der Waals surface area contributed by atoms with Crippen LogP contribution in [0.5, 0.6) is 0 Å². The Labute approximate surface area is 156 Å². The predicted molar refractivity (Wildman–Crippen MR) is 110 cm³/mol. The molecular formula is C24H15ClO. The molecule has 5 rings (SSSR count). The summed E-state index contributed by atoms with van der Waals surface area (Å²) in [6, 6.07) is 30.9. The highest BCUT2D eigenvalue weighted by Crippen LogP contribution is 2.38. The van der Waals surface area contributed by atoms with Gasteiger partial charge >= 0.3 is 0 Å². The van der Waals surface area contributed by atoms with Crippen LogP contribution in [-0.2, 0) is 0 Å². The second kappa shape index (κ2) is 6.05. The Morgan fingerprint density at radius 1 is 0.577 bits per heavy atom. The zero-order valence-corrected chi connectivity index (χ0v) is 14.7. The number of hydrogen-bond acceptors (Lipinski definition) is 1. The van der Waals surface area contributed by atoms with Crippen molar-refractivity contribution in [1.29, 1.82) is 0 Å². The molecule has 0 aliphatic carbocycles. The molecule has 0 radical (unpaired) electrons. The zero-order valence-electron chi connectivity index (χ0n) is 13.9. The normalized spacial score (nSPS) is 11.3. The Hall–Kier alpha value is -3.03. The van der Waals surface area contributed by atoms with Crippen LogP contribution in [0.2, 0.25) is 5.02 Å². The molecule has 0 atom stereocenters. The molecule has 1 aromatic heterocycles. The average Bonchev–Trinajstić information content (AvgIpc) is 3.06. The number of furan rings is 1. The third-order valence-corrected chi connectivity index (χ3v) is 4.97. The van der Waals surface area contributed by atoms with Crippen LogP contribution in [0, 0.1) is 0 Å². The molecule has 0 unspecified atom stereocenters. The number of hydrogen-bond donors (Lipinski definition) is 0. The number of benzene rings is 4. The topological polar surface area (TPSA) is 13.1 Å². The Kier molecular flexibility index (Phi) is 3.55. The summed E-state index contributed by atoms with van der Waals surface area (Å²) in [5.74, 6) is 0. The first-order valence-electron chi connectivity index (χ1n) is 8.56. The van der Waals surface area contributed by atoms with Crippen LogP contribution < -0.4 is 0 Å². The first-order valence-corrected chi connectivity index (χ1v) is 8.94. The quantitative estimate of drug-likeness (QED) is 0.318. The van der Waals surface area contributed by atoms with Gasteiger partial charge in [0.05, 0.1) is 0 Å². The zero-order chi connectivity index (χ0) is 17.5. The van der Waals surface area contributed by atoms with Gasteiger partial charge in [-0.3, -0.25) is 0 Å². The highest BCUT2D eigenvalue weighted by molar-refractivity contribution is 6.30. The lowest BCUT2D eigenvalue weighted by Gasteiger charge is -2.05. The van der Waals surface area contributed by atoms with Crippen LogP contribution in [0.4, 0.5) is 0 Å². The predicted octanol–water partition coefficient (Wildman–Crippen LogP) is 7.57. The van der Waals surface area contributed by atoms with Gasteiger partial charge in [-0.2, -0.15) is 0 Å². The Morgan fingerprint density at radius 2 is 1.35 bits per heavy atom. The van der Waals surface area contributed by atoms with Gasteiger partial charge < -0.3 is 4.42 Å². The molecule has 0 fully saturated rings. The second-order valence-electron chi connectivity index (χ2n) is 6.37. The van der Waals surface area contributed by atoms with Crippen molar-refractivity contribution in [3.8, 4) is 22.3 Å². The summed E-state index contributed by atoms with van der Waals surface area (Å²) in [5.41, 5.74) is 6.41.